The van der Waals surface area contributed by atoms with Crippen molar-refractivity contribution >= 4 is 35.1 Å². The lowest BCUT2D eigenvalue weighted by molar-refractivity contribution is -0.134. The van der Waals surface area contributed by atoms with Gasteiger partial charge in [-0.25, -0.2) is 4.79 Å². The Hall–Kier alpha value is -2.59. The van der Waals surface area contributed by atoms with Crippen LogP contribution < -0.4 is 15.4 Å². The largest absolute Gasteiger partial charge is 0.490 e. The fourth-order valence-electron chi connectivity index (χ4n) is 5.77. The second kappa shape index (κ2) is 15.2. The molecule has 230 valence electrons. The summed E-state index contributed by atoms with van der Waals surface area (Å²) >= 11 is 12.6. The first-order chi connectivity index (χ1) is 20.2. The third kappa shape index (κ3) is 8.28. The van der Waals surface area contributed by atoms with Crippen LogP contribution in [-0.2, 0) is 11.2 Å². The van der Waals surface area contributed by atoms with E-state index in [4.69, 9.17) is 32.9 Å². The highest BCUT2D eigenvalue weighted by atomic mass is 35.5. The predicted molar refractivity (Wildman–Crippen MR) is 168 cm³/mol. The van der Waals surface area contributed by atoms with Crippen LogP contribution in [0.15, 0.2) is 36.5 Å². The third-order valence-corrected chi connectivity index (χ3v) is 9.13. The van der Waals surface area contributed by atoms with E-state index in [1.807, 2.05) is 30.1 Å². The average Bonchev–Trinajstić information content (AvgIpc) is 3.48. The Bertz CT molecular complexity index is 1210. The molecule has 0 unspecified atom stereocenters. The Morgan fingerprint density at radius 1 is 1.12 bits per heavy atom. The van der Waals surface area contributed by atoms with Crippen molar-refractivity contribution in [3.63, 3.8) is 0 Å². The number of halogens is 2. The van der Waals surface area contributed by atoms with Gasteiger partial charge in [-0.05, 0) is 76.7 Å². The number of amides is 3. The van der Waals surface area contributed by atoms with Crippen molar-refractivity contribution < 1.29 is 14.3 Å². The number of piperidine rings is 1. The topological polar surface area (TPSA) is 90.0 Å². The number of rotatable bonds is 11. The number of hydrogen-bond acceptors (Lipinski definition) is 6. The van der Waals surface area contributed by atoms with E-state index < -0.39 is 6.04 Å². The Morgan fingerprint density at radius 3 is 2.50 bits per heavy atom. The summed E-state index contributed by atoms with van der Waals surface area (Å²) in [7, 11) is 6.03. The number of pyridine rings is 1. The molecule has 2 fully saturated rings. The van der Waals surface area contributed by atoms with Gasteiger partial charge in [-0.3, -0.25) is 9.78 Å². The Kier molecular flexibility index (Phi) is 11.7. The summed E-state index contributed by atoms with van der Waals surface area (Å²) in [4.78, 5) is 37.6. The number of hydrogen-bond donors (Lipinski definition) is 2. The quantitative estimate of drug-likeness (QED) is 0.387. The van der Waals surface area contributed by atoms with E-state index in [0.29, 0.717) is 48.9 Å². The number of nitrogens with zero attached hydrogens (tertiary/aromatic N) is 4. The molecular formula is C31H44Cl2N6O3. The van der Waals surface area contributed by atoms with E-state index >= 15 is 0 Å². The molecule has 0 saturated carbocycles. The van der Waals surface area contributed by atoms with E-state index in [1.54, 1.807) is 23.2 Å². The monoisotopic (exact) mass is 618 g/mol. The summed E-state index contributed by atoms with van der Waals surface area (Å²) in [5, 5.41) is 7.26. The normalized spacial score (nSPS) is 19.2. The van der Waals surface area contributed by atoms with Crippen molar-refractivity contribution in [2.24, 2.45) is 0 Å². The SMILES string of the molecule is CC[C@H](COc1cccnc1C1CCN(C(=O)[C@@H](Cc2ccc(Cl)cc2Cl)NC(=O)N2CC[C@@H](NC)C2)CC1)N(C)C. The summed E-state index contributed by atoms with van der Waals surface area (Å²) in [5.41, 5.74) is 1.71. The zero-order valence-corrected chi connectivity index (χ0v) is 26.6. The zero-order valence-electron chi connectivity index (χ0n) is 25.1. The fourth-order valence-corrected chi connectivity index (χ4v) is 6.26. The molecule has 0 bridgehead atoms. The molecule has 2 N–H and O–H groups in total. The van der Waals surface area contributed by atoms with Gasteiger partial charge in [-0.1, -0.05) is 36.2 Å². The molecule has 3 amide bonds. The molecule has 42 heavy (non-hydrogen) atoms. The van der Waals surface area contributed by atoms with Crippen LogP contribution >= 0.6 is 23.2 Å². The molecule has 9 nitrogen and oxygen atoms in total. The van der Waals surface area contributed by atoms with Crippen molar-refractivity contribution in [2.75, 3.05) is 53.9 Å². The minimum absolute atomic E-state index is 0.105. The lowest BCUT2D eigenvalue weighted by atomic mass is 9.91. The van der Waals surface area contributed by atoms with Crippen molar-refractivity contribution in [1.82, 2.24) is 30.3 Å². The number of likely N-dealkylation sites (tertiary alicyclic amines) is 2. The third-order valence-electron chi connectivity index (χ3n) is 8.54. The van der Waals surface area contributed by atoms with Crippen LogP contribution in [0.4, 0.5) is 4.79 Å². The molecule has 1 aromatic carbocycles. The molecular weight excluding hydrogens is 575 g/mol. The number of benzene rings is 1. The highest BCUT2D eigenvalue weighted by Crippen LogP contribution is 2.33. The van der Waals surface area contributed by atoms with Gasteiger partial charge < -0.3 is 30.1 Å². The smallest absolute Gasteiger partial charge is 0.318 e. The van der Waals surface area contributed by atoms with Crippen LogP contribution in [0, 0.1) is 0 Å². The van der Waals surface area contributed by atoms with Gasteiger partial charge in [0.2, 0.25) is 5.91 Å². The lowest BCUT2D eigenvalue weighted by Crippen LogP contribution is -2.54. The van der Waals surface area contributed by atoms with E-state index in [-0.39, 0.29) is 30.3 Å². The molecule has 2 saturated heterocycles. The highest BCUT2D eigenvalue weighted by molar-refractivity contribution is 6.35. The molecule has 0 radical (unpaired) electrons. The van der Waals surface area contributed by atoms with Gasteiger partial charge in [0.05, 0.1) is 5.69 Å². The molecule has 0 aliphatic carbocycles. The number of aromatic nitrogens is 1. The molecule has 2 aliphatic heterocycles. The molecule has 0 spiro atoms. The first-order valence-electron chi connectivity index (χ1n) is 14.9. The molecule has 3 heterocycles. The van der Waals surface area contributed by atoms with Gasteiger partial charge in [-0.2, -0.15) is 0 Å². The van der Waals surface area contributed by atoms with Gasteiger partial charge in [0, 0.05) is 66.8 Å². The van der Waals surface area contributed by atoms with E-state index in [1.165, 1.54) is 0 Å². The Labute approximate surface area is 259 Å². The molecule has 4 rings (SSSR count). The van der Waals surface area contributed by atoms with E-state index in [2.05, 4.69) is 36.6 Å². The minimum Gasteiger partial charge on any atom is -0.490 e. The number of carbonyl (C=O) groups is 2. The number of urea groups is 1. The van der Waals surface area contributed by atoms with Crippen LogP contribution in [0.2, 0.25) is 10.0 Å². The predicted octanol–water partition coefficient (Wildman–Crippen LogP) is 4.43. The second-order valence-corrected chi connectivity index (χ2v) is 12.3. The highest BCUT2D eigenvalue weighted by Gasteiger charge is 2.34. The Morgan fingerprint density at radius 2 is 1.86 bits per heavy atom. The van der Waals surface area contributed by atoms with E-state index in [0.717, 1.165) is 42.7 Å². The van der Waals surface area contributed by atoms with Crippen molar-refractivity contribution in [3.8, 4) is 5.75 Å². The maximum absolute atomic E-state index is 13.9. The van der Waals surface area contributed by atoms with Crippen LogP contribution in [-0.4, -0.2) is 104 Å². The minimum atomic E-state index is -0.743. The van der Waals surface area contributed by atoms with Gasteiger partial charge >= 0.3 is 6.03 Å². The fraction of sp³-hybridized carbons (Fsp3) is 0.581. The van der Waals surface area contributed by atoms with Gasteiger partial charge in [0.15, 0.2) is 0 Å². The maximum Gasteiger partial charge on any atom is 0.318 e. The van der Waals surface area contributed by atoms with Crippen LogP contribution in [0.3, 0.4) is 0 Å². The first kappa shape index (κ1) is 32.3. The lowest BCUT2D eigenvalue weighted by Gasteiger charge is -2.35. The molecule has 11 heteroatoms. The summed E-state index contributed by atoms with van der Waals surface area (Å²) in [5.74, 6) is 0.897. The van der Waals surface area contributed by atoms with Crippen LogP contribution in [0.5, 0.6) is 5.75 Å². The number of likely N-dealkylation sites (N-methyl/N-ethyl adjacent to an activating group) is 2. The zero-order chi connectivity index (χ0) is 30.2. The first-order valence-corrected chi connectivity index (χ1v) is 15.6. The number of carbonyl (C=O) groups excluding carboxylic acids is 2. The molecule has 3 atom stereocenters. The summed E-state index contributed by atoms with van der Waals surface area (Å²) in [6, 6.07) is 8.73. The van der Waals surface area contributed by atoms with Crippen molar-refractivity contribution in [3.05, 3.63) is 57.8 Å². The van der Waals surface area contributed by atoms with Gasteiger partial charge in [-0.15, -0.1) is 0 Å². The van der Waals surface area contributed by atoms with Crippen LogP contribution in [0.1, 0.15) is 49.8 Å². The van der Waals surface area contributed by atoms with Gasteiger partial charge in [0.25, 0.3) is 0 Å². The molecule has 1 aromatic heterocycles. The van der Waals surface area contributed by atoms with Crippen molar-refractivity contribution in [1.29, 1.82) is 0 Å². The number of ether oxygens (including phenoxy) is 1. The van der Waals surface area contributed by atoms with Crippen LogP contribution in [0.25, 0.3) is 0 Å². The average molecular weight is 620 g/mol. The standard InChI is InChI=1S/C31H44Cl2N6O3/c1-5-25(37(3)4)20-42-28-7-6-13-35-29(28)21-10-14-38(15-11-21)30(40)27(17-22-8-9-23(32)18-26(22)33)36-31(41)39-16-12-24(19-39)34-2/h6-9,13,18,21,24-25,27,34H,5,10-12,14-17,19-20H2,1-4H3,(H,36,41)/t24-,25-,27-/m1/s1. The second-order valence-electron chi connectivity index (χ2n) is 11.5. The maximum atomic E-state index is 13.9. The van der Waals surface area contributed by atoms with Crippen molar-refractivity contribution in [2.45, 2.75) is 63.1 Å². The summed E-state index contributed by atoms with van der Waals surface area (Å²) in [6.45, 7) is 5.15. The Balaban J connectivity index is 1.43. The molecule has 2 aromatic rings. The van der Waals surface area contributed by atoms with E-state index in [9.17, 15) is 9.59 Å². The summed E-state index contributed by atoms with van der Waals surface area (Å²) < 4.78 is 6.25. The van der Waals surface area contributed by atoms with Gasteiger partial charge in [0.1, 0.15) is 18.4 Å². The molecule has 2 aliphatic rings. The number of nitrogens with one attached hydrogen (secondary N) is 2. The summed E-state index contributed by atoms with van der Waals surface area (Å²) in [6.07, 6.45) is 5.50.